The number of hydrogen-bond acceptors (Lipinski definition) is 3. The van der Waals surface area contributed by atoms with E-state index in [1.165, 1.54) is 16.7 Å². The summed E-state index contributed by atoms with van der Waals surface area (Å²) in [6.45, 7) is 1.16. The Hall–Kier alpha value is -1.79. The molecule has 0 saturated carbocycles. The van der Waals surface area contributed by atoms with Gasteiger partial charge in [0.2, 0.25) is 0 Å². The second-order valence-corrected chi connectivity index (χ2v) is 4.67. The van der Waals surface area contributed by atoms with E-state index < -0.39 is 18.4 Å². The Morgan fingerprint density at radius 2 is 2.16 bits per heavy atom. The first-order valence-electron chi connectivity index (χ1n) is 5.24. The Kier molecular flexibility index (Phi) is 3.64. The molecule has 0 aliphatic rings. The molecular formula is C11H9Cl2N3O3. The van der Waals surface area contributed by atoms with Crippen molar-refractivity contribution in [3.05, 3.63) is 33.7 Å². The van der Waals surface area contributed by atoms with Crippen molar-refractivity contribution in [2.45, 2.75) is 6.92 Å². The number of imidazole rings is 1. The number of nitrogens with zero attached hydrogens (tertiary/aromatic N) is 2. The Morgan fingerprint density at radius 1 is 1.47 bits per heavy atom. The highest BCUT2D eigenvalue weighted by atomic mass is 35.5. The fourth-order valence-electron chi connectivity index (χ4n) is 1.70. The van der Waals surface area contributed by atoms with Gasteiger partial charge < -0.3 is 10.4 Å². The quantitative estimate of drug-likeness (QED) is 0.905. The van der Waals surface area contributed by atoms with Crippen molar-refractivity contribution in [3.63, 3.8) is 0 Å². The summed E-state index contributed by atoms with van der Waals surface area (Å²) in [5.41, 5.74) is 1.04. The molecule has 6 nitrogen and oxygen atoms in total. The zero-order valence-electron chi connectivity index (χ0n) is 9.78. The molecule has 2 N–H and O–H groups in total. The average Bonchev–Trinajstić information content (AvgIpc) is 2.63. The van der Waals surface area contributed by atoms with Gasteiger partial charge in [-0.3, -0.25) is 14.0 Å². The van der Waals surface area contributed by atoms with Gasteiger partial charge in [-0.05, 0) is 13.0 Å². The van der Waals surface area contributed by atoms with E-state index in [-0.39, 0.29) is 5.69 Å². The number of rotatable bonds is 3. The zero-order chi connectivity index (χ0) is 14.2. The summed E-state index contributed by atoms with van der Waals surface area (Å²) in [6, 6.07) is 1.52. The monoisotopic (exact) mass is 301 g/mol. The number of aliphatic carboxylic acids is 1. The van der Waals surface area contributed by atoms with Gasteiger partial charge in [0.15, 0.2) is 5.65 Å². The van der Waals surface area contributed by atoms with Crippen LogP contribution in [0.5, 0.6) is 0 Å². The maximum Gasteiger partial charge on any atom is 0.322 e. The lowest BCUT2D eigenvalue weighted by Gasteiger charge is -2.04. The number of aryl methyl sites for hydroxylation is 1. The summed E-state index contributed by atoms with van der Waals surface area (Å²) < 4.78 is 1.44. The molecule has 0 aromatic carbocycles. The van der Waals surface area contributed by atoms with Crippen LogP contribution in [-0.2, 0) is 4.79 Å². The molecule has 0 unspecified atom stereocenters. The van der Waals surface area contributed by atoms with Crippen LogP contribution in [0.25, 0.3) is 5.65 Å². The molecule has 0 radical (unpaired) electrons. The van der Waals surface area contributed by atoms with E-state index in [1.54, 1.807) is 6.92 Å². The zero-order valence-corrected chi connectivity index (χ0v) is 11.3. The summed E-state index contributed by atoms with van der Waals surface area (Å²) in [4.78, 5) is 26.6. The average molecular weight is 302 g/mol. The van der Waals surface area contributed by atoms with Crippen molar-refractivity contribution in [2.24, 2.45) is 0 Å². The first-order valence-corrected chi connectivity index (χ1v) is 5.99. The largest absolute Gasteiger partial charge is 0.480 e. The Bertz CT molecular complexity index is 681. The minimum absolute atomic E-state index is 0.209. The van der Waals surface area contributed by atoms with Gasteiger partial charge in [-0.15, -0.1) is 0 Å². The van der Waals surface area contributed by atoms with E-state index in [2.05, 4.69) is 10.3 Å². The first-order chi connectivity index (χ1) is 8.90. The third-order valence-electron chi connectivity index (χ3n) is 2.43. The fourth-order valence-corrected chi connectivity index (χ4v) is 2.21. The van der Waals surface area contributed by atoms with Gasteiger partial charge in [0, 0.05) is 6.20 Å². The Morgan fingerprint density at radius 3 is 2.79 bits per heavy atom. The lowest BCUT2D eigenvalue weighted by atomic mass is 10.3. The van der Waals surface area contributed by atoms with Crippen LogP contribution in [0.2, 0.25) is 10.0 Å². The third kappa shape index (κ3) is 2.64. The van der Waals surface area contributed by atoms with Crippen LogP contribution in [0.15, 0.2) is 12.3 Å². The number of carbonyl (C=O) groups is 2. The molecule has 1 amide bonds. The lowest BCUT2D eigenvalue weighted by molar-refractivity contribution is -0.135. The molecule has 100 valence electrons. The molecule has 0 fully saturated rings. The van der Waals surface area contributed by atoms with Gasteiger partial charge in [-0.2, -0.15) is 0 Å². The number of aromatic nitrogens is 2. The highest BCUT2D eigenvalue weighted by molar-refractivity contribution is 6.36. The fraction of sp³-hybridized carbons (Fsp3) is 0.182. The van der Waals surface area contributed by atoms with Gasteiger partial charge in [0.05, 0.1) is 15.7 Å². The standard InChI is InChI=1S/C11H9Cl2N3O3/c1-5-9(11(19)14-3-8(17)18)16-4-6(12)2-7(13)10(16)15-5/h2,4H,3H2,1H3,(H,14,19)(H,17,18). The first kappa shape index (κ1) is 13.6. The minimum Gasteiger partial charge on any atom is -0.480 e. The van der Waals surface area contributed by atoms with Crippen LogP contribution in [0.1, 0.15) is 16.2 Å². The molecule has 2 rings (SSSR count). The number of carboxylic acids is 1. The van der Waals surface area contributed by atoms with Crippen molar-refractivity contribution >= 4 is 40.7 Å². The molecule has 0 aliphatic heterocycles. The number of amides is 1. The number of halogens is 2. The van der Waals surface area contributed by atoms with Gasteiger partial charge in [-0.1, -0.05) is 23.2 Å². The van der Waals surface area contributed by atoms with Crippen molar-refractivity contribution in [1.82, 2.24) is 14.7 Å². The van der Waals surface area contributed by atoms with Gasteiger partial charge >= 0.3 is 5.97 Å². The number of fused-ring (bicyclic) bond motifs is 1. The molecule has 8 heteroatoms. The van der Waals surface area contributed by atoms with Crippen LogP contribution in [0.3, 0.4) is 0 Å². The highest BCUT2D eigenvalue weighted by Crippen LogP contribution is 2.24. The minimum atomic E-state index is -1.13. The maximum absolute atomic E-state index is 11.9. The van der Waals surface area contributed by atoms with Crippen molar-refractivity contribution in [1.29, 1.82) is 0 Å². The normalized spacial score (nSPS) is 10.7. The van der Waals surface area contributed by atoms with Crippen LogP contribution in [0, 0.1) is 6.92 Å². The van der Waals surface area contributed by atoms with Crippen LogP contribution >= 0.6 is 23.2 Å². The molecule has 0 spiro atoms. The Balaban J connectivity index is 2.51. The number of pyridine rings is 1. The van der Waals surface area contributed by atoms with Gasteiger partial charge in [0.25, 0.3) is 5.91 Å². The van der Waals surface area contributed by atoms with Crippen molar-refractivity contribution in [2.75, 3.05) is 6.54 Å². The summed E-state index contributed by atoms with van der Waals surface area (Å²) in [5.74, 6) is -1.68. The molecular weight excluding hydrogens is 293 g/mol. The number of carboxylic acid groups (broad SMARTS) is 1. The van der Waals surface area contributed by atoms with Crippen LogP contribution in [0.4, 0.5) is 0 Å². The summed E-state index contributed by atoms with van der Waals surface area (Å²) >= 11 is 11.9. The van der Waals surface area contributed by atoms with Crippen LogP contribution < -0.4 is 5.32 Å². The smallest absolute Gasteiger partial charge is 0.322 e. The van der Waals surface area contributed by atoms with E-state index in [4.69, 9.17) is 28.3 Å². The molecule has 2 aromatic rings. The van der Waals surface area contributed by atoms with E-state index in [9.17, 15) is 9.59 Å². The Labute approximate surface area is 118 Å². The van der Waals surface area contributed by atoms with E-state index in [0.717, 1.165) is 0 Å². The maximum atomic E-state index is 11.9. The molecule has 19 heavy (non-hydrogen) atoms. The topological polar surface area (TPSA) is 83.7 Å². The second-order valence-electron chi connectivity index (χ2n) is 3.82. The molecule has 0 saturated heterocycles. The SMILES string of the molecule is Cc1nc2c(Cl)cc(Cl)cn2c1C(=O)NCC(=O)O. The summed E-state index contributed by atoms with van der Waals surface area (Å²) in [6.07, 6.45) is 1.50. The van der Waals surface area contributed by atoms with Gasteiger partial charge in [-0.25, -0.2) is 4.98 Å². The van der Waals surface area contributed by atoms with Gasteiger partial charge in [0.1, 0.15) is 12.2 Å². The van der Waals surface area contributed by atoms with E-state index in [0.29, 0.717) is 21.4 Å². The van der Waals surface area contributed by atoms with Crippen LogP contribution in [-0.4, -0.2) is 32.9 Å². The van der Waals surface area contributed by atoms with E-state index in [1.807, 2.05) is 0 Å². The molecule has 2 aromatic heterocycles. The number of hydrogen-bond donors (Lipinski definition) is 2. The number of carbonyl (C=O) groups excluding carboxylic acids is 1. The highest BCUT2D eigenvalue weighted by Gasteiger charge is 2.18. The molecule has 0 aliphatic carbocycles. The molecule has 2 heterocycles. The van der Waals surface area contributed by atoms with Crippen molar-refractivity contribution < 1.29 is 14.7 Å². The third-order valence-corrected chi connectivity index (χ3v) is 2.92. The second kappa shape index (κ2) is 5.07. The summed E-state index contributed by atoms with van der Waals surface area (Å²) in [5, 5.41) is 11.5. The molecule has 0 atom stereocenters. The lowest BCUT2D eigenvalue weighted by Crippen LogP contribution is -2.30. The van der Waals surface area contributed by atoms with Crippen molar-refractivity contribution in [3.8, 4) is 0 Å². The predicted octanol–water partition coefficient (Wildman–Crippen LogP) is 1.76. The molecule has 0 bridgehead atoms. The number of nitrogens with one attached hydrogen (secondary N) is 1. The summed E-state index contributed by atoms with van der Waals surface area (Å²) in [7, 11) is 0. The van der Waals surface area contributed by atoms with E-state index >= 15 is 0 Å². The predicted molar refractivity (Wildman–Crippen MR) is 69.9 cm³/mol.